The molecule has 0 saturated heterocycles. The highest BCUT2D eigenvalue weighted by atomic mass is 16.5. The Morgan fingerprint density at radius 3 is 3.23 bits per heavy atom. The minimum atomic E-state index is 0.746. The molecule has 1 heterocycles. The van der Waals surface area contributed by atoms with Gasteiger partial charge in [0.05, 0.1) is 6.61 Å². The number of fused-ring (bicyclic) bond motifs is 1. The first kappa shape index (κ1) is 8.17. The molecule has 1 radical (unpaired) electrons. The molecule has 2 rings (SSSR count). The monoisotopic (exact) mass is 175 g/mol. The summed E-state index contributed by atoms with van der Waals surface area (Å²) in [7, 11) is 0. The number of hydrogen-bond donors (Lipinski definition) is 0. The van der Waals surface area contributed by atoms with Gasteiger partial charge in [-0.3, -0.25) is 0 Å². The van der Waals surface area contributed by atoms with Gasteiger partial charge in [0.25, 0.3) is 0 Å². The Kier molecular flexibility index (Phi) is 2.21. The van der Waals surface area contributed by atoms with Gasteiger partial charge in [0, 0.05) is 11.5 Å². The van der Waals surface area contributed by atoms with Crippen LogP contribution in [0.15, 0.2) is 28.7 Å². The number of benzene rings is 1. The number of hydrogen-bond acceptors (Lipinski definition) is 2. The van der Waals surface area contributed by atoms with Crippen molar-refractivity contribution in [2.75, 3.05) is 6.61 Å². The van der Waals surface area contributed by atoms with E-state index in [-0.39, 0.29) is 0 Å². The van der Waals surface area contributed by atoms with Crippen LogP contribution in [-0.4, -0.2) is 6.61 Å². The van der Waals surface area contributed by atoms with Gasteiger partial charge in [-0.25, -0.2) is 0 Å². The summed E-state index contributed by atoms with van der Waals surface area (Å²) in [4.78, 5) is 0. The van der Waals surface area contributed by atoms with Gasteiger partial charge in [0.2, 0.25) is 0 Å². The van der Waals surface area contributed by atoms with Crippen LogP contribution in [0, 0.1) is 6.26 Å². The SMILES string of the molecule is CCCOc1ccc2c[c]oc2c1. The summed E-state index contributed by atoms with van der Waals surface area (Å²) >= 11 is 0. The number of ether oxygens (including phenoxy) is 1. The van der Waals surface area contributed by atoms with Gasteiger partial charge in [-0.05, 0) is 24.6 Å². The normalized spacial score (nSPS) is 10.5. The Labute approximate surface area is 77.1 Å². The van der Waals surface area contributed by atoms with Gasteiger partial charge in [-0.1, -0.05) is 6.92 Å². The second kappa shape index (κ2) is 3.52. The van der Waals surface area contributed by atoms with Crippen LogP contribution in [0.2, 0.25) is 0 Å². The second-order valence-electron chi connectivity index (χ2n) is 2.91. The molecule has 0 unspecified atom stereocenters. The molecule has 2 heteroatoms. The molecule has 67 valence electrons. The first-order chi connectivity index (χ1) is 6.40. The minimum Gasteiger partial charge on any atom is -0.493 e. The molecular weight excluding hydrogens is 164 g/mol. The van der Waals surface area contributed by atoms with E-state index in [1.807, 2.05) is 24.3 Å². The van der Waals surface area contributed by atoms with Crippen LogP contribution in [-0.2, 0) is 0 Å². The van der Waals surface area contributed by atoms with Crippen LogP contribution in [0.5, 0.6) is 5.75 Å². The molecule has 2 nitrogen and oxygen atoms in total. The largest absolute Gasteiger partial charge is 0.493 e. The van der Waals surface area contributed by atoms with Crippen molar-refractivity contribution < 1.29 is 9.15 Å². The van der Waals surface area contributed by atoms with Crippen molar-refractivity contribution in [2.45, 2.75) is 13.3 Å². The molecule has 2 aromatic rings. The fourth-order valence-electron chi connectivity index (χ4n) is 1.19. The van der Waals surface area contributed by atoms with Crippen molar-refractivity contribution in [1.82, 2.24) is 0 Å². The van der Waals surface area contributed by atoms with Gasteiger partial charge in [0.1, 0.15) is 11.3 Å². The maximum atomic E-state index is 5.46. The summed E-state index contributed by atoms with van der Waals surface area (Å²) < 4.78 is 10.6. The van der Waals surface area contributed by atoms with Crippen molar-refractivity contribution >= 4 is 11.0 Å². The van der Waals surface area contributed by atoms with Crippen molar-refractivity contribution in [1.29, 1.82) is 0 Å². The quantitative estimate of drug-likeness (QED) is 0.715. The van der Waals surface area contributed by atoms with E-state index in [0.29, 0.717) is 0 Å². The fourth-order valence-corrected chi connectivity index (χ4v) is 1.19. The van der Waals surface area contributed by atoms with E-state index in [1.54, 1.807) is 0 Å². The average Bonchev–Trinajstić information content (AvgIpc) is 2.61. The van der Waals surface area contributed by atoms with Crippen molar-refractivity contribution in [3.05, 3.63) is 30.5 Å². The highest BCUT2D eigenvalue weighted by molar-refractivity contribution is 5.78. The third kappa shape index (κ3) is 1.66. The van der Waals surface area contributed by atoms with Gasteiger partial charge < -0.3 is 9.15 Å². The molecule has 0 aliphatic heterocycles. The molecule has 0 N–H and O–H groups in total. The number of furan rings is 1. The van der Waals surface area contributed by atoms with E-state index in [1.165, 1.54) is 0 Å². The molecule has 1 aromatic heterocycles. The Bertz CT molecular complexity index is 390. The predicted octanol–water partition coefficient (Wildman–Crippen LogP) is 3.02. The lowest BCUT2D eigenvalue weighted by Crippen LogP contribution is -1.93. The van der Waals surface area contributed by atoms with Gasteiger partial charge in [-0.15, -0.1) is 0 Å². The predicted molar refractivity (Wildman–Crippen MR) is 50.8 cm³/mol. The highest BCUT2D eigenvalue weighted by Crippen LogP contribution is 2.21. The van der Waals surface area contributed by atoms with Crippen molar-refractivity contribution in [3.8, 4) is 5.75 Å². The molecule has 0 aliphatic carbocycles. The molecule has 0 bridgehead atoms. The lowest BCUT2D eigenvalue weighted by molar-refractivity contribution is 0.317. The Morgan fingerprint density at radius 1 is 1.46 bits per heavy atom. The average molecular weight is 175 g/mol. The van der Waals surface area contributed by atoms with Crippen LogP contribution in [0.4, 0.5) is 0 Å². The van der Waals surface area contributed by atoms with Crippen LogP contribution in [0.25, 0.3) is 11.0 Å². The maximum absolute atomic E-state index is 5.46. The minimum absolute atomic E-state index is 0.746. The van der Waals surface area contributed by atoms with Crippen LogP contribution in [0.1, 0.15) is 13.3 Å². The Hall–Kier alpha value is -1.44. The first-order valence-corrected chi connectivity index (χ1v) is 4.42. The zero-order valence-electron chi connectivity index (χ0n) is 7.54. The van der Waals surface area contributed by atoms with Crippen LogP contribution < -0.4 is 4.74 Å². The smallest absolute Gasteiger partial charge is 0.170 e. The van der Waals surface area contributed by atoms with Crippen molar-refractivity contribution in [3.63, 3.8) is 0 Å². The maximum Gasteiger partial charge on any atom is 0.170 e. The molecule has 13 heavy (non-hydrogen) atoms. The fraction of sp³-hybridized carbons (Fsp3) is 0.273. The molecule has 1 aromatic carbocycles. The van der Waals surface area contributed by atoms with E-state index in [2.05, 4.69) is 13.2 Å². The summed E-state index contributed by atoms with van der Waals surface area (Å²) in [5.41, 5.74) is 0.827. The van der Waals surface area contributed by atoms with E-state index in [9.17, 15) is 0 Å². The Morgan fingerprint density at radius 2 is 2.38 bits per heavy atom. The summed E-state index contributed by atoms with van der Waals surface area (Å²) in [6.07, 6.45) is 3.71. The highest BCUT2D eigenvalue weighted by Gasteiger charge is 1.98. The molecule has 0 spiro atoms. The molecule has 0 aliphatic rings. The Balaban J connectivity index is 2.26. The second-order valence-corrected chi connectivity index (χ2v) is 2.91. The summed E-state index contributed by atoms with van der Waals surface area (Å²) in [6, 6.07) is 7.63. The zero-order chi connectivity index (χ0) is 9.10. The lowest BCUT2D eigenvalue weighted by Gasteiger charge is -2.02. The molecule has 0 saturated carbocycles. The van der Waals surface area contributed by atoms with E-state index in [0.717, 1.165) is 29.7 Å². The standard InChI is InChI=1S/C11H11O2/c1-2-6-12-10-4-3-9-5-7-13-11(9)8-10/h3-5,8H,2,6H2,1H3. The molecule has 0 amide bonds. The molecule has 0 atom stereocenters. The topological polar surface area (TPSA) is 22.4 Å². The summed E-state index contributed by atoms with van der Waals surface area (Å²) in [6.45, 7) is 2.83. The van der Waals surface area contributed by atoms with Gasteiger partial charge in [0.15, 0.2) is 6.26 Å². The number of rotatable bonds is 3. The van der Waals surface area contributed by atoms with Crippen LogP contribution >= 0.6 is 0 Å². The van der Waals surface area contributed by atoms with Gasteiger partial charge in [-0.2, -0.15) is 0 Å². The van der Waals surface area contributed by atoms with E-state index >= 15 is 0 Å². The van der Waals surface area contributed by atoms with Gasteiger partial charge >= 0.3 is 0 Å². The zero-order valence-corrected chi connectivity index (χ0v) is 7.54. The first-order valence-electron chi connectivity index (χ1n) is 4.42. The van der Waals surface area contributed by atoms with E-state index in [4.69, 9.17) is 9.15 Å². The van der Waals surface area contributed by atoms with Crippen LogP contribution in [0.3, 0.4) is 0 Å². The summed E-state index contributed by atoms with van der Waals surface area (Å²) in [5, 5.41) is 1.06. The lowest BCUT2D eigenvalue weighted by atomic mass is 10.2. The third-order valence-corrected chi connectivity index (χ3v) is 1.84. The third-order valence-electron chi connectivity index (χ3n) is 1.84. The summed E-state index contributed by atoms with van der Waals surface area (Å²) in [5.74, 6) is 0.859. The van der Waals surface area contributed by atoms with E-state index < -0.39 is 0 Å². The molecular formula is C11H11O2. The van der Waals surface area contributed by atoms with Crippen molar-refractivity contribution in [2.24, 2.45) is 0 Å². The molecule has 0 fully saturated rings.